The highest BCUT2D eigenvalue weighted by molar-refractivity contribution is 9.10. The molecular weight excluding hydrogens is 308 g/mol. The summed E-state index contributed by atoms with van der Waals surface area (Å²) in [6.45, 7) is 4.33. The molecule has 0 spiro atoms. The first-order valence-electron chi connectivity index (χ1n) is 6.50. The first-order chi connectivity index (χ1) is 9.17. The number of hydrogen-bond acceptors (Lipinski definition) is 3. The minimum absolute atomic E-state index is 0.0121. The van der Waals surface area contributed by atoms with E-state index in [0.717, 1.165) is 35.3 Å². The highest BCUT2D eigenvalue weighted by Crippen LogP contribution is 2.22. The van der Waals surface area contributed by atoms with Crippen molar-refractivity contribution in [2.24, 2.45) is 0 Å². The van der Waals surface area contributed by atoms with Crippen LogP contribution in [0.4, 0.5) is 0 Å². The van der Waals surface area contributed by atoms with Crippen LogP contribution in [0.25, 0.3) is 0 Å². The van der Waals surface area contributed by atoms with Gasteiger partial charge in [0.2, 0.25) is 5.91 Å². The first kappa shape index (κ1) is 16.0. The predicted octanol–water partition coefficient (Wildman–Crippen LogP) is 2.46. The van der Waals surface area contributed by atoms with Gasteiger partial charge in [-0.05, 0) is 36.7 Å². The summed E-state index contributed by atoms with van der Waals surface area (Å²) >= 11 is 3.53. The smallest absolute Gasteiger partial charge is 0.223 e. The number of amides is 1. The van der Waals surface area contributed by atoms with Gasteiger partial charge < -0.3 is 15.4 Å². The molecule has 1 rings (SSSR count). The van der Waals surface area contributed by atoms with E-state index in [1.54, 1.807) is 7.05 Å². The first-order valence-corrected chi connectivity index (χ1v) is 7.29. The molecule has 4 nitrogen and oxygen atoms in total. The standard InChI is InChI=1S/C14H21BrN2O2/c1-3-7-17-10-11-9-12(4-5-13(11)15)19-8-6-14(18)16-2/h4-5,9,17H,3,6-8,10H2,1-2H3,(H,16,18). The second kappa shape index (κ2) is 8.93. The van der Waals surface area contributed by atoms with Crippen LogP contribution in [0, 0.1) is 0 Å². The highest BCUT2D eigenvalue weighted by Gasteiger charge is 2.03. The molecule has 0 unspecified atom stereocenters. The average molecular weight is 329 g/mol. The zero-order valence-electron chi connectivity index (χ0n) is 11.5. The molecular formula is C14H21BrN2O2. The lowest BCUT2D eigenvalue weighted by Gasteiger charge is -2.10. The Bertz CT molecular complexity index is 410. The van der Waals surface area contributed by atoms with Gasteiger partial charge in [-0.1, -0.05) is 22.9 Å². The van der Waals surface area contributed by atoms with Crippen molar-refractivity contribution in [2.75, 3.05) is 20.2 Å². The fourth-order valence-corrected chi connectivity index (χ4v) is 1.95. The van der Waals surface area contributed by atoms with E-state index in [0.29, 0.717) is 13.0 Å². The summed E-state index contributed by atoms with van der Waals surface area (Å²) in [6, 6.07) is 5.87. The van der Waals surface area contributed by atoms with Gasteiger partial charge in [-0.25, -0.2) is 0 Å². The van der Waals surface area contributed by atoms with E-state index < -0.39 is 0 Å². The summed E-state index contributed by atoms with van der Waals surface area (Å²) < 4.78 is 6.64. The molecule has 0 radical (unpaired) electrons. The van der Waals surface area contributed by atoms with Crippen LogP contribution < -0.4 is 15.4 Å². The van der Waals surface area contributed by atoms with E-state index in [-0.39, 0.29) is 5.91 Å². The topological polar surface area (TPSA) is 50.4 Å². The molecule has 0 aliphatic carbocycles. The molecule has 0 aliphatic heterocycles. The number of hydrogen-bond donors (Lipinski definition) is 2. The molecule has 0 saturated heterocycles. The van der Waals surface area contributed by atoms with E-state index in [1.165, 1.54) is 0 Å². The van der Waals surface area contributed by atoms with Crippen LogP contribution in [0.5, 0.6) is 5.75 Å². The number of benzene rings is 1. The second-order valence-corrected chi connectivity index (χ2v) is 5.06. The van der Waals surface area contributed by atoms with Crippen LogP contribution in [0.1, 0.15) is 25.3 Å². The van der Waals surface area contributed by atoms with E-state index in [2.05, 4.69) is 33.5 Å². The third-order valence-electron chi connectivity index (χ3n) is 2.64. The number of ether oxygens (including phenoxy) is 1. The Morgan fingerprint density at radius 2 is 2.21 bits per heavy atom. The van der Waals surface area contributed by atoms with Crippen LogP contribution in [-0.2, 0) is 11.3 Å². The average Bonchev–Trinajstić information content (AvgIpc) is 2.42. The van der Waals surface area contributed by atoms with Gasteiger partial charge in [0.25, 0.3) is 0 Å². The maximum atomic E-state index is 11.1. The number of nitrogens with one attached hydrogen (secondary N) is 2. The van der Waals surface area contributed by atoms with E-state index in [1.807, 2.05) is 18.2 Å². The number of carbonyl (C=O) groups is 1. The van der Waals surface area contributed by atoms with E-state index >= 15 is 0 Å². The van der Waals surface area contributed by atoms with Crippen molar-refractivity contribution in [3.8, 4) is 5.75 Å². The quantitative estimate of drug-likeness (QED) is 0.721. The minimum Gasteiger partial charge on any atom is -0.493 e. The highest BCUT2D eigenvalue weighted by atomic mass is 79.9. The van der Waals surface area contributed by atoms with Gasteiger partial charge in [0.05, 0.1) is 13.0 Å². The summed E-state index contributed by atoms with van der Waals surface area (Å²) in [5.41, 5.74) is 1.16. The third-order valence-corrected chi connectivity index (χ3v) is 3.41. The Balaban J connectivity index is 2.50. The zero-order chi connectivity index (χ0) is 14.1. The molecule has 106 valence electrons. The molecule has 0 atom stereocenters. The minimum atomic E-state index is -0.0121. The second-order valence-electron chi connectivity index (χ2n) is 4.20. The molecule has 2 N–H and O–H groups in total. The van der Waals surface area contributed by atoms with Crippen LogP contribution in [0.15, 0.2) is 22.7 Å². The number of halogens is 1. The number of carbonyl (C=O) groups excluding carboxylic acids is 1. The maximum Gasteiger partial charge on any atom is 0.223 e. The van der Waals surface area contributed by atoms with Crippen molar-refractivity contribution in [3.63, 3.8) is 0 Å². The monoisotopic (exact) mass is 328 g/mol. The van der Waals surface area contributed by atoms with Crippen molar-refractivity contribution in [2.45, 2.75) is 26.3 Å². The summed E-state index contributed by atoms with van der Waals surface area (Å²) in [4.78, 5) is 11.1. The summed E-state index contributed by atoms with van der Waals surface area (Å²) in [5, 5.41) is 5.92. The van der Waals surface area contributed by atoms with Gasteiger partial charge in [0.15, 0.2) is 0 Å². The van der Waals surface area contributed by atoms with Crippen LogP contribution in [-0.4, -0.2) is 26.1 Å². The van der Waals surface area contributed by atoms with Gasteiger partial charge in [0, 0.05) is 18.1 Å². The zero-order valence-corrected chi connectivity index (χ0v) is 13.0. The van der Waals surface area contributed by atoms with Gasteiger partial charge >= 0.3 is 0 Å². The van der Waals surface area contributed by atoms with Crippen molar-refractivity contribution in [3.05, 3.63) is 28.2 Å². The Labute approximate surface area is 123 Å². The molecule has 1 amide bonds. The van der Waals surface area contributed by atoms with Gasteiger partial charge in [-0.2, -0.15) is 0 Å². The molecule has 0 aromatic heterocycles. The van der Waals surface area contributed by atoms with Gasteiger partial charge in [0.1, 0.15) is 5.75 Å². The van der Waals surface area contributed by atoms with Crippen LogP contribution in [0.2, 0.25) is 0 Å². The molecule has 0 saturated carbocycles. The van der Waals surface area contributed by atoms with Gasteiger partial charge in [-0.3, -0.25) is 4.79 Å². The molecule has 1 aromatic rings. The lowest BCUT2D eigenvalue weighted by molar-refractivity contribution is -0.121. The lowest BCUT2D eigenvalue weighted by Crippen LogP contribution is -2.20. The van der Waals surface area contributed by atoms with Crippen molar-refractivity contribution < 1.29 is 9.53 Å². The summed E-state index contributed by atoms with van der Waals surface area (Å²) in [6.07, 6.45) is 1.48. The molecule has 0 heterocycles. The molecule has 1 aromatic carbocycles. The summed E-state index contributed by atoms with van der Waals surface area (Å²) in [7, 11) is 1.62. The largest absolute Gasteiger partial charge is 0.493 e. The fourth-order valence-electron chi connectivity index (χ4n) is 1.56. The van der Waals surface area contributed by atoms with Crippen molar-refractivity contribution in [1.29, 1.82) is 0 Å². The molecule has 5 heteroatoms. The molecule has 0 fully saturated rings. The summed E-state index contributed by atoms with van der Waals surface area (Å²) in [5.74, 6) is 0.780. The van der Waals surface area contributed by atoms with E-state index in [9.17, 15) is 4.79 Å². The Hall–Kier alpha value is -1.07. The van der Waals surface area contributed by atoms with Crippen molar-refractivity contribution >= 4 is 21.8 Å². The number of rotatable bonds is 8. The molecule has 0 aliphatic rings. The normalized spacial score (nSPS) is 10.3. The van der Waals surface area contributed by atoms with Crippen molar-refractivity contribution in [1.82, 2.24) is 10.6 Å². The third kappa shape index (κ3) is 6.07. The fraction of sp³-hybridized carbons (Fsp3) is 0.500. The lowest BCUT2D eigenvalue weighted by atomic mass is 10.2. The Morgan fingerprint density at radius 3 is 2.89 bits per heavy atom. The Morgan fingerprint density at radius 1 is 1.42 bits per heavy atom. The SMILES string of the molecule is CCCNCc1cc(OCCC(=O)NC)ccc1Br. The van der Waals surface area contributed by atoms with Crippen LogP contribution >= 0.6 is 15.9 Å². The predicted molar refractivity (Wildman–Crippen MR) is 80.3 cm³/mol. The van der Waals surface area contributed by atoms with E-state index in [4.69, 9.17) is 4.74 Å². The molecule has 0 bridgehead atoms. The van der Waals surface area contributed by atoms with Gasteiger partial charge in [-0.15, -0.1) is 0 Å². The Kier molecular flexibility index (Phi) is 7.52. The van der Waals surface area contributed by atoms with Crippen LogP contribution in [0.3, 0.4) is 0 Å². The molecule has 19 heavy (non-hydrogen) atoms. The maximum absolute atomic E-state index is 11.1.